The Morgan fingerprint density at radius 1 is 0.667 bits per heavy atom. The van der Waals surface area contributed by atoms with Gasteiger partial charge in [0.05, 0.1) is 9.81 Å². The minimum Gasteiger partial charge on any atom is -0.292 e. The van der Waals surface area contributed by atoms with Gasteiger partial charge in [-0.25, -0.2) is 0 Å². The third-order valence-corrected chi connectivity index (χ3v) is 8.68. The van der Waals surface area contributed by atoms with Crippen LogP contribution in [0, 0.1) is 0 Å². The van der Waals surface area contributed by atoms with E-state index in [1.165, 1.54) is 33.3 Å². The van der Waals surface area contributed by atoms with Crippen LogP contribution in [-0.2, 0) is 19.2 Å². The first-order valence-corrected chi connectivity index (χ1v) is 15.3. The first-order chi connectivity index (χ1) is 20.3. The van der Waals surface area contributed by atoms with E-state index in [1.54, 1.807) is 24.3 Å². The molecule has 0 aliphatic carbocycles. The monoisotopic (exact) mass is 634 g/mol. The Morgan fingerprint density at radius 2 is 1.05 bits per heavy atom. The summed E-state index contributed by atoms with van der Waals surface area (Å²) in [4.78, 5) is 53.7. The van der Waals surface area contributed by atoms with E-state index in [9.17, 15) is 19.2 Å². The summed E-state index contributed by atoms with van der Waals surface area (Å²) in [5, 5.41) is 0. The largest absolute Gasteiger partial charge is 0.292 e. The fourth-order valence-electron chi connectivity index (χ4n) is 3.73. The standard InChI is InChI=1S/C30H26N4O4S4/c35-25(17-19-33-27(37)23(41-29(33)39)15-7-13-21-9-3-1-4-10-21)31-32-26(36)18-20-34-28(38)24(42-30(34)40)16-8-14-22-11-5-2-6-12-22/h1-16H,17-20H2,(H,31,35)(H,32,36)/b13-7+,14-8+,23-15-,24-16+. The molecular formula is C30H26N4O4S4. The topological polar surface area (TPSA) is 98.8 Å². The molecule has 4 amide bonds. The van der Waals surface area contributed by atoms with Crippen LogP contribution in [0.4, 0.5) is 0 Å². The van der Waals surface area contributed by atoms with Gasteiger partial charge in [0.2, 0.25) is 11.8 Å². The third kappa shape index (κ3) is 8.83. The van der Waals surface area contributed by atoms with E-state index in [-0.39, 0.29) is 37.7 Å². The zero-order valence-electron chi connectivity index (χ0n) is 22.2. The minimum absolute atomic E-state index is 0.0597. The fourth-order valence-corrected chi connectivity index (χ4v) is 6.25. The maximum atomic E-state index is 12.7. The van der Waals surface area contributed by atoms with Crippen molar-refractivity contribution in [1.29, 1.82) is 0 Å². The number of hydrazine groups is 1. The van der Waals surface area contributed by atoms with Crippen LogP contribution in [0.5, 0.6) is 0 Å². The van der Waals surface area contributed by atoms with E-state index in [1.807, 2.05) is 72.8 Å². The Hall–Kier alpha value is -3.84. The molecule has 2 N–H and O–H groups in total. The van der Waals surface area contributed by atoms with Crippen LogP contribution < -0.4 is 10.9 Å². The predicted octanol–water partition coefficient (Wildman–Crippen LogP) is 4.83. The lowest BCUT2D eigenvalue weighted by Crippen LogP contribution is -2.44. The molecule has 42 heavy (non-hydrogen) atoms. The van der Waals surface area contributed by atoms with Crippen molar-refractivity contribution < 1.29 is 19.2 Å². The Balaban J connectivity index is 1.17. The first kappa shape index (κ1) is 31.1. The number of carbonyl (C=O) groups is 4. The van der Waals surface area contributed by atoms with Crippen molar-refractivity contribution in [3.05, 3.63) is 106 Å². The molecule has 0 radical (unpaired) electrons. The number of thiocarbonyl (C=S) groups is 2. The number of amides is 4. The maximum absolute atomic E-state index is 12.7. The highest BCUT2D eigenvalue weighted by Gasteiger charge is 2.32. The van der Waals surface area contributed by atoms with Crippen LogP contribution in [-0.4, -0.2) is 55.2 Å². The predicted molar refractivity (Wildman–Crippen MR) is 176 cm³/mol. The average molecular weight is 635 g/mol. The third-order valence-electron chi connectivity index (χ3n) is 5.89. The van der Waals surface area contributed by atoms with E-state index in [2.05, 4.69) is 10.9 Å². The molecule has 0 aromatic heterocycles. The molecule has 12 heteroatoms. The Labute approximate surface area is 262 Å². The van der Waals surface area contributed by atoms with Crippen LogP contribution >= 0.6 is 48.0 Å². The molecule has 2 aromatic carbocycles. The van der Waals surface area contributed by atoms with E-state index in [4.69, 9.17) is 24.4 Å². The quantitative estimate of drug-likeness (QED) is 0.218. The highest BCUT2D eigenvalue weighted by atomic mass is 32.2. The van der Waals surface area contributed by atoms with Gasteiger partial charge >= 0.3 is 0 Å². The van der Waals surface area contributed by atoms with Gasteiger partial charge in [-0.1, -0.05) is 133 Å². The first-order valence-electron chi connectivity index (χ1n) is 12.8. The van der Waals surface area contributed by atoms with Gasteiger partial charge in [0, 0.05) is 25.9 Å². The number of hydrogen-bond acceptors (Lipinski definition) is 8. The summed E-state index contributed by atoms with van der Waals surface area (Å²) in [5.41, 5.74) is 6.68. The van der Waals surface area contributed by atoms with Crippen molar-refractivity contribution in [2.24, 2.45) is 0 Å². The lowest BCUT2D eigenvalue weighted by molar-refractivity contribution is -0.130. The van der Waals surface area contributed by atoms with Gasteiger partial charge < -0.3 is 0 Å². The molecule has 2 aromatic rings. The number of carbonyl (C=O) groups excluding carboxylic acids is 4. The van der Waals surface area contributed by atoms with Gasteiger partial charge in [-0.05, 0) is 23.3 Å². The van der Waals surface area contributed by atoms with Crippen LogP contribution in [0.25, 0.3) is 12.2 Å². The number of hydrogen-bond donors (Lipinski definition) is 2. The summed E-state index contributed by atoms with van der Waals surface area (Å²) in [7, 11) is 0. The summed E-state index contributed by atoms with van der Waals surface area (Å²) >= 11 is 13.0. The van der Waals surface area contributed by atoms with Gasteiger partial charge in [-0.15, -0.1) is 0 Å². The Bertz CT molecular complexity index is 1390. The van der Waals surface area contributed by atoms with E-state index in [0.717, 1.165) is 11.1 Å². The number of thioether (sulfide) groups is 2. The van der Waals surface area contributed by atoms with Crippen LogP contribution in [0.3, 0.4) is 0 Å². The summed E-state index contributed by atoms with van der Waals surface area (Å²) in [5.74, 6) is -1.51. The zero-order valence-corrected chi connectivity index (χ0v) is 25.5. The van der Waals surface area contributed by atoms with Crippen molar-refractivity contribution in [2.75, 3.05) is 13.1 Å². The summed E-state index contributed by atoms with van der Waals surface area (Å²) < 4.78 is 0.730. The fraction of sp³-hybridized carbons (Fsp3) is 0.133. The summed E-state index contributed by atoms with van der Waals surface area (Å²) in [6.07, 6.45) is 10.6. The van der Waals surface area contributed by atoms with Crippen molar-refractivity contribution >= 4 is 92.4 Å². The molecule has 2 heterocycles. The van der Waals surface area contributed by atoms with Gasteiger partial charge in [-0.2, -0.15) is 0 Å². The molecule has 8 nitrogen and oxygen atoms in total. The molecule has 2 aliphatic heterocycles. The van der Waals surface area contributed by atoms with Crippen molar-refractivity contribution in [3.63, 3.8) is 0 Å². The number of benzene rings is 2. The molecule has 0 spiro atoms. The molecule has 2 aliphatic rings. The van der Waals surface area contributed by atoms with E-state index in [0.29, 0.717) is 18.5 Å². The normalized spacial score (nSPS) is 17.4. The van der Waals surface area contributed by atoms with E-state index >= 15 is 0 Å². The van der Waals surface area contributed by atoms with Gasteiger partial charge in [0.25, 0.3) is 11.8 Å². The molecule has 2 saturated heterocycles. The highest BCUT2D eigenvalue weighted by Crippen LogP contribution is 2.32. The number of allylic oxidation sites excluding steroid dienone is 4. The maximum Gasteiger partial charge on any atom is 0.266 e. The second-order valence-corrected chi connectivity index (χ2v) is 12.2. The molecule has 4 rings (SSSR count). The molecule has 0 unspecified atom stereocenters. The van der Waals surface area contributed by atoms with Gasteiger partial charge in [-0.3, -0.25) is 39.8 Å². The molecule has 2 fully saturated rings. The van der Waals surface area contributed by atoms with E-state index < -0.39 is 11.8 Å². The molecular weight excluding hydrogens is 609 g/mol. The van der Waals surface area contributed by atoms with Crippen molar-refractivity contribution in [3.8, 4) is 0 Å². The SMILES string of the molecule is O=C(CCN1C(=O)/C(=C/C=C/c2ccccc2)SC1=S)NNC(=O)CCN1C(=O)/C(=C\C=C\c2ccccc2)SC1=S. The highest BCUT2D eigenvalue weighted by molar-refractivity contribution is 8.27. The summed E-state index contributed by atoms with van der Waals surface area (Å²) in [6, 6.07) is 19.4. The lowest BCUT2D eigenvalue weighted by atomic mass is 10.2. The molecule has 0 atom stereocenters. The van der Waals surface area contributed by atoms with Gasteiger partial charge in [0.15, 0.2) is 0 Å². The smallest absolute Gasteiger partial charge is 0.266 e. The molecule has 214 valence electrons. The number of nitrogens with zero attached hydrogens (tertiary/aromatic N) is 2. The summed E-state index contributed by atoms with van der Waals surface area (Å²) in [6.45, 7) is 0.154. The van der Waals surface area contributed by atoms with Crippen molar-refractivity contribution in [2.45, 2.75) is 12.8 Å². The van der Waals surface area contributed by atoms with Crippen LogP contribution in [0.1, 0.15) is 24.0 Å². The minimum atomic E-state index is -0.482. The Morgan fingerprint density at radius 3 is 1.43 bits per heavy atom. The number of rotatable bonds is 10. The van der Waals surface area contributed by atoms with Gasteiger partial charge in [0.1, 0.15) is 8.64 Å². The lowest BCUT2D eigenvalue weighted by Gasteiger charge is -2.15. The zero-order chi connectivity index (χ0) is 29.9. The average Bonchev–Trinajstić information content (AvgIpc) is 3.42. The van der Waals surface area contributed by atoms with Crippen LogP contribution in [0.15, 0.2) is 94.8 Å². The Kier molecular flexibility index (Phi) is 11.4. The van der Waals surface area contributed by atoms with Crippen LogP contribution in [0.2, 0.25) is 0 Å². The number of nitrogens with one attached hydrogen (secondary N) is 2. The second kappa shape index (κ2) is 15.4. The molecule has 0 bridgehead atoms. The second-order valence-electron chi connectivity index (χ2n) is 8.85. The molecule has 0 saturated carbocycles. The van der Waals surface area contributed by atoms with Crippen molar-refractivity contribution in [1.82, 2.24) is 20.7 Å².